The van der Waals surface area contributed by atoms with Crippen LogP contribution in [-0.4, -0.2) is 20.5 Å². The summed E-state index contributed by atoms with van der Waals surface area (Å²) in [5.41, 5.74) is 0. The lowest BCUT2D eigenvalue weighted by atomic mass is 10.4. The third-order valence-electron chi connectivity index (χ3n) is 0.843. The van der Waals surface area contributed by atoms with Crippen LogP contribution in [0.3, 0.4) is 0 Å². The maximum atomic E-state index is 5.00. The lowest BCUT2D eigenvalue weighted by Crippen LogP contribution is -1.97. The Balaban J connectivity index is 2.53. The molecule has 2 heteroatoms. The van der Waals surface area contributed by atoms with Crippen LogP contribution in [-0.2, 0) is 9.47 Å². The SMILES string of the molecule is CCCCOCOC. The predicted octanol–water partition coefficient (Wildman–Crippen LogP) is 1.41. The molecule has 2 nitrogen and oxygen atoms in total. The highest BCUT2D eigenvalue weighted by molar-refractivity contribution is 4.27. The zero-order chi connectivity index (χ0) is 6.24. The van der Waals surface area contributed by atoms with Crippen molar-refractivity contribution in [3.05, 3.63) is 0 Å². The highest BCUT2D eigenvalue weighted by Gasteiger charge is 1.81. The third-order valence-corrected chi connectivity index (χ3v) is 0.843. The van der Waals surface area contributed by atoms with Crippen LogP contribution in [0.2, 0.25) is 0 Å². The van der Waals surface area contributed by atoms with E-state index in [2.05, 4.69) is 11.7 Å². The quantitative estimate of drug-likeness (QED) is 0.401. The Labute approximate surface area is 50.8 Å². The van der Waals surface area contributed by atoms with Crippen LogP contribution < -0.4 is 0 Å². The Hall–Kier alpha value is -0.0800. The summed E-state index contributed by atoms with van der Waals surface area (Å²) < 4.78 is 9.67. The van der Waals surface area contributed by atoms with Gasteiger partial charge < -0.3 is 9.47 Å². The van der Waals surface area contributed by atoms with Crippen molar-refractivity contribution < 1.29 is 9.47 Å². The van der Waals surface area contributed by atoms with E-state index in [0.29, 0.717) is 6.79 Å². The van der Waals surface area contributed by atoms with Gasteiger partial charge in [0.15, 0.2) is 0 Å². The van der Waals surface area contributed by atoms with E-state index in [4.69, 9.17) is 4.74 Å². The van der Waals surface area contributed by atoms with Crippen molar-refractivity contribution in [2.75, 3.05) is 20.5 Å². The summed E-state index contributed by atoms with van der Waals surface area (Å²) in [5, 5.41) is 0. The molecule has 0 atom stereocenters. The molecule has 0 aromatic carbocycles. The van der Waals surface area contributed by atoms with Crippen LogP contribution in [0, 0.1) is 0 Å². The lowest BCUT2D eigenvalue weighted by Gasteiger charge is -1.98. The van der Waals surface area contributed by atoms with Gasteiger partial charge in [-0.1, -0.05) is 13.3 Å². The maximum absolute atomic E-state index is 5.00. The summed E-state index contributed by atoms with van der Waals surface area (Å²) in [4.78, 5) is 0. The van der Waals surface area contributed by atoms with Crippen molar-refractivity contribution >= 4 is 0 Å². The second kappa shape index (κ2) is 6.92. The largest absolute Gasteiger partial charge is 0.359 e. The van der Waals surface area contributed by atoms with Gasteiger partial charge in [0.05, 0.1) is 0 Å². The number of hydrogen-bond acceptors (Lipinski definition) is 2. The van der Waals surface area contributed by atoms with Crippen molar-refractivity contribution in [2.24, 2.45) is 0 Å². The van der Waals surface area contributed by atoms with E-state index in [9.17, 15) is 0 Å². The van der Waals surface area contributed by atoms with Crippen molar-refractivity contribution in [2.45, 2.75) is 19.8 Å². The summed E-state index contributed by atoms with van der Waals surface area (Å²) in [6, 6.07) is 0. The lowest BCUT2D eigenvalue weighted by molar-refractivity contribution is -0.0312. The van der Waals surface area contributed by atoms with Gasteiger partial charge in [0.25, 0.3) is 0 Å². The molecule has 0 aromatic rings. The molecule has 8 heavy (non-hydrogen) atoms. The fourth-order valence-electron chi connectivity index (χ4n) is 0.389. The highest BCUT2D eigenvalue weighted by atomic mass is 16.7. The molecule has 0 fully saturated rings. The Bertz CT molecular complexity index is 31.5. The summed E-state index contributed by atoms with van der Waals surface area (Å²) in [7, 11) is 1.63. The third kappa shape index (κ3) is 5.92. The van der Waals surface area contributed by atoms with Crippen molar-refractivity contribution in [3.63, 3.8) is 0 Å². The number of methoxy groups -OCH3 is 1. The molecule has 50 valence electrons. The molecule has 0 bridgehead atoms. The van der Waals surface area contributed by atoms with Gasteiger partial charge in [0, 0.05) is 13.7 Å². The van der Waals surface area contributed by atoms with E-state index >= 15 is 0 Å². The molecule has 0 N–H and O–H groups in total. The van der Waals surface area contributed by atoms with Crippen LogP contribution >= 0.6 is 0 Å². The Kier molecular flexibility index (Phi) is 6.85. The minimum atomic E-state index is 0.431. The topological polar surface area (TPSA) is 18.5 Å². The fourth-order valence-corrected chi connectivity index (χ4v) is 0.389. The van der Waals surface area contributed by atoms with E-state index < -0.39 is 0 Å². The number of unbranched alkanes of at least 4 members (excludes halogenated alkanes) is 1. The summed E-state index contributed by atoms with van der Waals surface area (Å²) in [6.07, 6.45) is 2.31. The van der Waals surface area contributed by atoms with Crippen LogP contribution in [0.25, 0.3) is 0 Å². The number of hydrogen-bond donors (Lipinski definition) is 0. The van der Waals surface area contributed by atoms with Gasteiger partial charge in [-0.05, 0) is 6.42 Å². The van der Waals surface area contributed by atoms with E-state index in [0.717, 1.165) is 13.0 Å². The van der Waals surface area contributed by atoms with Gasteiger partial charge in [-0.15, -0.1) is 0 Å². The first kappa shape index (κ1) is 7.92. The zero-order valence-electron chi connectivity index (χ0n) is 5.64. The molecular weight excluding hydrogens is 104 g/mol. The van der Waals surface area contributed by atoms with Crippen molar-refractivity contribution in [1.82, 2.24) is 0 Å². The summed E-state index contributed by atoms with van der Waals surface area (Å²) in [6.45, 7) is 3.39. The molecule has 0 saturated heterocycles. The summed E-state index contributed by atoms with van der Waals surface area (Å²) >= 11 is 0. The molecule has 0 unspecified atom stereocenters. The predicted molar refractivity (Wildman–Crippen MR) is 32.7 cm³/mol. The Morgan fingerprint density at radius 3 is 2.62 bits per heavy atom. The first-order valence-electron chi connectivity index (χ1n) is 2.98. The standard InChI is InChI=1S/C6H14O2/c1-3-4-5-8-6-7-2/h3-6H2,1-2H3. The van der Waals surface area contributed by atoms with Gasteiger partial charge in [-0.25, -0.2) is 0 Å². The first-order chi connectivity index (χ1) is 3.91. The highest BCUT2D eigenvalue weighted by Crippen LogP contribution is 1.86. The first-order valence-corrected chi connectivity index (χ1v) is 2.98. The molecule has 0 aromatic heterocycles. The van der Waals surface area contributed by atoms with Crippen LogP contribution in [0.5, 0.6) is 0 Å². The molecule has 0 saturated carbocycles. The zero-order valence-corrected chi connectivity index (χ0v) is 5.64. The molecule has 0 spiro atoms. The minimum Gasteiger partial charge on any atom is -0.359 e. The fraction of sp³-hybridized carbons (Fsp3) is 1.00. The maximum Gasteiger partial charge on any atom is 0.146 e. The van der Waals surface area contributed by atoms with Crippen molar-refractivity contribution in [3.8, 4) is 0 Å². The molecule has 0 aliphatic carbocycles. The molecule has 0 radical (unpaired) electrons. The van der Waals surface area contributed by atoms with Gasteiger partial charge in [0.2, 0.25) is 0 Å². The molecular formula is C6H14O2. The van der Waals surface area contributed by atoms with Crippen LogP contribution in [0.4, 0.5) is 0 Å². The van der Waals surface area contributed by atoms with Gasteiger partial charge in [-0.2, -0.15) is 0 Å². The Morgan fingerprint density at radius 2 is 2.12 bits per heavy atom. The van der Waals surface area contributed by atoms with Crippen LogP contribution in [0.15, 0.2) is 0 Å². The van der Waals surface area contributed by atoms with Crippen LogP contribution in [0.1, 0.15) is 19.8 Å². The van der Waals surface area contributed by atoms with Gasteiger partial charge >= 0.3 is 0 Å². The average Bonchev–Trinajstić information content (AvgIpc) is 1.81. The molecule has 0 heterocycles. The molecule has 0 amide bonds. The van der Waals surface area contributed by atoms with E-state index in [-0.39, 0.29) is 0 Å². The monoisotopic (exact) mass is 118 g/mol. The van der Waals surface area contributed by atoms with E-state index in [1.165, 1.54) is 6.42 Å². The smallest absolute Gasteiger partial charge is 0.146 e. The van der Waals surface area contributed by atoms with E-state index in [1.54, 1.807) is 7.11 Å². The summed E-state index contributed by atoms with van der Waals surface area (Å²) in [5.74, 6) is 0. The van der Waals surface area contributed by atoms with Crippen molar-refractivity contribution in [1.29, 1.82) is 0 Å². The molecule has 0 aliphatic rings. The van der Waals surface area contributed by atoms with Gasteiger partial charge in [0.1, 0.15) is 6.79 Å². The minimum absolute atomic E-state index is 0.431. The average molecular weight is 118 g/mol. The number of rotatable bonds is 5. The second-order valence-electron chi connectivity index (χ2n) is 1.67. The number of ether oxygens (including phenoxy) is 2. The van der Waals surface area contributed by atoms with Gasteiger partial charge in [-0.3, -0.25) is 0 Å². The molecule has 0 rings (SSSR count). The second-order valence-corrected chi connectivity index (χ2v) is 1.67. The Morgan fingerprint density at radius 1 is 1.38 bits per heavy atom. The normalized spacial score (nSPS) is 9.75. The van der Waals surface area contributed by atoms with E-state index in [1.807, 2.05) is 0 Å². The molecule has 0 aliphatic heterocycles.